The number of nitriles is 1. The smallest absolute Gasteiger partial charge is 0.252 e. The number of ether oxygens (including phenoxy) is 1. The van der Waals surface area contributed by atoms with Gasteiger partial charge in [0.2, 0.25) is 0 Å². The number of nitrogens with two attached hydrogens (primary N) is 1. The van der Waals surface area contributed by atoms with Gasteiger partial charge >= 0.3 is 0 Å². The monoisotopic (exact) mass is 380 g/mol. The number of nitrogens with one attached hydrogen (secondary N) is 2. The molecule has 4 fully saturated rings. The van der Waals surface area contributed by atoms with Gasteiger partial charge in [0.15, 0.2) is 5.65 Å². The topological polar surface area (TPSA) is 130 Å². The Morgan fingerprint density at radius 2 is 2.14 bits per heavy atom. The zero-order valence-corrected chi connectivity index (χ0v) is 15.6. The summed E-state index contributed by atoms with van der Waals surface area (Å²) in [5.41, 5.74) is 7.92. The lowest BCUT2D eigenvalue weighted by molar-refractivity contribution is -0.165. The summed E-state index contributed by atoms with van der Waals surface area (Å²) in [6.07, 6.45) is 9.03. The number of rotatable bonds is 6. The number of anilines is 1. The van der Waals surface area contributed by atoms with Gasteiger partial charge in [0, 0.05) is 12.2 Å². The summed E-state index contributed by atoms with van der Waals surface area (Å²) in [6, 6.07) is 2.44. The third kappa shape index (κ3) is 2.73. The van der Waals surface area contributed by atoms with Gasteiger partial charge in [0.25, 0.3) is 5.91 Å². The number of hydrogen-bond donors (Lipinski definition) is 3. The molecule has 2 aromatic rings. The fourth-order valence-corrected chi connectivity index (χ4v) is 6.06. The molecule has 0 aromatic carbocycles. The minimum absolute atomic E-state index is 0.0715. The van der Waals surface area contributed by atoms with Crippen molar-refractivity contribution in [2.45, 2.75) is 50.2 Å². The number of fused-ring (bicyclic) bond motifs is 1. The average molecular weight is 380 g/mol. The summed E-state index contributed by atoms with van der Waals surface area (Å²) < 4.78 is 6.25. The highest BCUT2D eigenvalue weighted by Gasteiger charge is 2.56. The van der Waals surface area contributed by atoms with E-state index < -0.39 is 5.91 Å². The third-order valence-electron chi connectivity index (χ3n) is 6.86. The fraction of sp³-hybridized carbons (Fsp3) is 0.600. The lowest BCUT2D eigenvalue weighted by atomic mass is 9.52. The molecule has 4 aliphatic rings. The molecule has 1 unspecified atom stereocenters. The molecule has 8 heteroatoms. The van der Waals surface area contributed by atoms with Crippen LogP contribution in [-0.4, -0.2) is 39.1 Å². The van der Waals surface area contributed by atoms with Crippen LogP contribution in [0.3, 0.4) is 0 Å². The summed E-state index contributed by atoms with van der Waals surface area (Å²) in [5, 5.41) is 12.5. The second-order valence-corrected chi connectivity index (χ2v) is 8.59. The number of carbonyl (C=O) groups is 1. The first-order valence-corrected chi connectivity index (χ1v) is 9.98. The number of hydrogen-bond acceptors (Lipinski definition) is 6. The lowest BCUT2D eigenvalue weighted by Crippen LogP contribution is -2.60. The number of pyridine rings is 1. The van der Waals surface area contributed by atoms with Crippen LogP contribution in [0.5, 0.6) is 0 Å². The van der Waals surface area contributed by atoms with Crippen molar-refractivity contribution >= 4 is 22.8 Å². The Labute approximate surface area is 162 Å². The number of H-pyrrole nitrogens is 1. The standard InChI is InChI=1S/C20H24N6O2/c21-2-1-3-28-20-6-11-4-12(7-20)15(13(5-11)8-20)26-16-14(18(22)27)9-23-19-17(16)24-10-25-19/h9-13,15H,1,3-8H2,(H2,22,27)(H2,23,24,25,26)/t11?,12-,13+,15-,20-. The molecule has 28 heavy (non-hydrogen) atoms. The van der Waals surface area contributed by atoms with Crippen LogP contribution < -0.4 is 11.1 Å². The number of aromatic nitrogens is 3. The van der Waals surface area contributed by atoms with Crippen molar-refractivity contribution in [3.63, 3.8) is 0 Å². The molecule has 6 rings (SSSR count). The van der Waals surface area contributed by atoms with Crippen LogP contribution in [0.4, 0.5) is 5.69 Å². The van der Waals surface area contributed by atoms with Crippen molar-refractivity contribution in [1.82, 2.24) is 15.0 Å². The lowest BCUT2D eigenvalue weighted by Gasteiger charge is -2.59. The van der Waals surface area contributed by atoms with E-state index in [-0.39, 0.29) is 11.6 Å². The van der Waals surface area contributed by atoms with Crippen LogP contribution in [0, 0.1) is 29.1 Å². The van der Waals surface area contributed by atoms with Crippen molar-refractivity contribution in [2.75, 3.05) is 11.9 Å². The molecule has 2 aromatic heterocycles. The summed E-state index contributed by atoms with van der Waals surface area (Å²) in [4.78, 5) is 23.6. The first kappa shape index (κ1) is 17.4. The van der Waals surface area contributed by atoms with Gasteiger partial charge in [-0.1, -0.05) is 0 Å². The number of amides is 1. The summed E-state index contributed by atoms with van der Waals surface area (Å²) in [5.74, 6) is 1.16. The SMILES string of the molecule is N#CCCO[C@]12CC3C[C@H](C1)[C@@H](Nc1c(C(N)=O)cnc4[nH]cnc14)[C@@H](C3)C2. The Bertz CT molecular complexity index is 947. The normalized spacial score (nSPS) is 33.1. The summed E-state index contributed by atoms with van der Waals surface area (Å²) in [6.45, 7) is 0.519. The molecule has 5 atom stereocenters. The molecule has 0 radical (unpaired) electrons. The Kier molecular flexibility index (Phi) is 4.02. The van der Waals surface area contributed by atoms with Gasteiger partial charge in [0.1, 0.15) is 5.52 Å². The van der Waals surface area contributed by atoms with Crippen molar-refractivity contribution in [1.29, 1.82) is 5.26 Å². The maximum absolute atomic E-state index is 12.0. The number of primary amides is 1. The average Bonchev–Trinajstić information content (AvgIpc) is 3.13. The van der Waals surface area contributed by atoms with E-state index in [1.807, 2.05) is 0 Å². The molecule has 0 aliphatic heterocycles. The maximum atomic E-state index is 12.0. The molecule has 4 bridgehead atoms. The van der Waals surface area contributed by atoms with E-state index >= 15 is 0 Å². The van der Waals surface area contributed by atoms with Crippen molar-refractivity contribution in [3.05, 3.63) is 18.1 Å². The van der Waals surface area contributed by atoms with Gasteiger partial charge in [-0.2, -0.15) is 5.26 Å². The highest BCUT2D eigenvalue weighted by atomic mass is 16.5. The number of nitrogens with zero attached hydrogens (tertiary/aromatic N) is 3. The number of carbonyl (C=O) groups excluding carboxylic acids is 1. The van der Waals surface area contributed by atoms with Crippen LogP contribution in [0.25, 0.3) is 11.2 Å². The Hall–Kier alpha value is -2.66. The Morgan fingerprint density at radius 3 is 2.86 bits per heavy atom. The van der Waals surface area contributed by atoms with Gasteiger partial charge in [-0.25, -0.2) is 9.97 Å². The van der Waals surface area contributed by atoms with E-state index in [2.05, 4.69) is 26.3 Å². The minimum Gasteiger partial charge on any atom is -0.379 e. The molecule has 0 saturated heterocycles. The van der Waals surface area contributed by atoms with Crippen molar-refractivity contribution < 1.29 is 9.53 Å². The van der Waals surface area contributed by atoms with Crippen molar-refractivity contribution in [2.24, 2.45) is 23.5 Å². The van der Waals surface area contributed by atoms with E-state index in [0.717, 1.165) is 19.3 Å². The highest BCUT2D eigenvalue weighted by molar-refractivity contribution is 6.04. The van der Waals surface area contributed by atoms with E-state index in [0.29, 0.717) is 53.2 Å². The molecule has 2 heterocycles. The van der Waals surface area contributed by atoms with Crippen LogP contribution in [0.15, 0.2) is 12.5 Å². The summed E-state index contributed by atoms with van der Waals surface area (Å²) in [7, 11) is 0. The molecule has 4 N–H and O–H groups in total. The van der Waals surface area contributed by atoms with Gasteiger partial charge in [0.05, 0.1) is 42.3 Å². The van der Waals surface area contributed by atoms with E-state index in [1.165, 1.54) is 19.0 Å². The zero-order valence-electron chi connectivity index (χ0n) is 15.6. The second-order valence-electron chi connectivity index (χ2n) is 8.59. The molecular weight excluding hydrogens is 356 g/mol. The molecule has 146 valence electrons. The zero-order chi connectivity index (χ0) is 19.3. The largest absolute Gasteiger partial charge is 0.379 e. The fourth-order valence-electron chi connectivity index (χ4n) is 6.06. The van der Waals surface area contributed by atoms with Gasteiger partial charge < -0.3 is 20.8 Å². The Morgan fingerprint density at radius 1 is 1.36 bits per heavy atom. The number of imidazole rings is 1. The van der Waals surface area contributed by atoms with E-state index in [4.69, 9.17) is 15.7 Å². The van der Waals surface area contributed by atoms with Crippen molar-refractivity contribution in [3.8, 4) is 6.07 Å². The van der Waals surface area contributed by atoms with E-state index in [1.54, 1.807) is 6.33 Å². The van der Waals surface area contributed by atoms with Crippen LogP contribution >= 0.6 is 0 Å². The van der Waals surface area contributed by atoms with Crippen LogP contribution in [-0.2, 0) is 4.74 Å². The van der Waals surface area contributed by atoms with Gasteiger partial charge in [-0.05, 0) is 49.9 Å². The Balaban J connectivity index is 1.43. The molecule has 0 spiro atoms. The van der Waals surface area contributed by atoms with Crippen LogP contribution in [0.1, 0.15) is 48.9 Å². The minimum atomic E-state index is -0.500. The molecule has 4 aliphatic carbocycles. The highest BCUT2D eigenvalue weighted by Crippen LogP contribution is 2.58. The molecular formula is C20H24N6O2. The summed E-state index contributed by atoms with van der Waals surface area (Å²) >= 11 is 0. The number of aromatic amines is 1. The second kappa shape index (κ2) is 6.45. The maximum Gasteiger partial charge on any atom is 0.252 e. The first-order valence-electron chi connectivity index (χ1n) is 9.98. The molecule has 4 saturated carbocycles. The van der Waals surface area contributed by atoms with Gasteiger partial charge in [-0.15, -0.1) is 0 Å². The quantitative estimate of drug-likeness (QED) is 0.660. The predicted molar refractivity (Wildman–Crippen MR) is 102 cm³/mol. The molecule has 8 nitrogen and oxygen atoms in total. The van der Waals surface area contributed by atoms with E-state index in [9.17, 15) is 4.79 Å². The molecule has 1 amide bonds. The first-order chi connectivity index (χ1) is 13.6. The third-order valence-corrected chi connectivity index (χ3v) is 6.86. The van der Waals surface area contributed by atoms with Gasteiger partial charge in [-0.3, -0.25) is 4.79 Å². The van der Waals surface area contributed by atoms with Crippen LogP contribution in [0.2, 0.25) is 0 Å². The predicted octanol–water partition coefficient (Wildman–Crippen LogP) is 2.35.